The summed E-state index contributed by atoms with van der Waals surface area (Å²) in [6.07, 6.45) is 11.3. The normalized spacial score (nSPS) is 16.5. The summed E-state index contributed by atoms with van der Waals surface area (Å²) < 4.78 is 11.8. The zero-order valence-corrected chi connectivity index (χ0v) is 25.2. The van der Waals surface area contributed by atoms with E-state index < -0.39 is 0 Å². The van der Waals surface area contributed by atoms with Gasteiger partial charge < -0.3 is 9.47 Å². The van der Waals surface area contributed by atoms with Crippen molar-refractivity contribution >= 4 is 12.2 Å². The van der Waals surface area contributed by atoms with E-state index in [2.05, 4.69) is 125 Å². The molecule has 0 aromatic heterocycles. The molecule has 7 rings (SSSR count). The van der Waals surface area contributed by atoms with Crippen LogP contribution in [-0.2, 0) is 12.8 Å². The fourth-order valence-electron chi connectivity index (χ4n) is 7.20. The highest BCUT2D eigenvalue weighted by Gasteiger charge is 2.46. The molecule has 2 nitrogen and oxygen atoms in total. The van der Waals surface area contributed by atoms with Crippen LogP contribution >= 0.6 is 0 Å². The summed E-state index contributed by atoms with van der Waals surface area (Å²) in [6, 6.07) is 30.9. The summed E-state index contributed by atoms with van der Waals surface area (Å²) in [6.45, 7) is 8.28. The van der Waals surface area contributed by atoms with Crippen molar-refractivity contribution in [1.82, 2.24) is 0 Å². The van der Waals surface area contributed by atoms with E-state index in [-0.39, 0.29) is 17.6 Å². The zero-order valence-electron chi connectivity index (χ0n) is 25.2. The predicted molar refractivity (Wildman–Crippen MR) is 175 cm³/mol. The molecule has 0 unspecified atom stereocenters. The topological polar surface area (TPSA) is 18.5 Å². The number of allylic oxidation sites excluding steroid dienone is 2. The summed E-state index contributed by atoms with van der Waals surface area (Å²) in [5.74, 6) is 1.86. The van der Waals surface area contributed by atoms with Gasteiger partial charge in [0.05, 0.1) is 12.2 Å². The number of hydrogen-bond acceptors (Lipinski definition) is 2. The van der Waals surface area contributed by atoms with Crippen molar-refractivity contribution in [2.75, 3.05) is 0 Å². The fourth-order valence-corrected chi connectivity index (χ4v) is 7.20. The Kier molecular flexibility index (Phi) is 6.81. The Labute approximate surface area is 250 Å². The van der Waals surface area contributed by atoms with Crippen molar-refractivity contribution < 1.29 is 9.47 Å². The maximum absolute atomic E-state index is 5.90. The van der Waals surface area contributed by atoms with Gasteiger partial charge in [0.2, 0.25) is 0 Å². The SMILES string of the molecule is CC(C)Oc1ccc(-c2cccc3c2C=C(C2(C4=Cc5c(cccc5-c5ccc(OC(C)C)cc5)C4)CCC2)C3)cc1. The van der Waals surface area contributed by atoms with E-state index in [1.54, 1.807) is 11.1 Å². The van der Waals surface area contributed by atoms with Crippen LogP contribution in [0.15, 0.2) is 96.1 Å². The standard InChI is InChI=1S/C40H40O2/c1-26(2)41-34-16-12-28(13-17-34)36-10-5-8-30-22-32(24-38(30)36)40(20-7-21-40)33-23-31-9-6-11-37(39(31)25-33)29-14-18-35(19-15-29)42-27(3)4/h5-6,8-19,24-27H,7,20-23H2,1-4H3. The van der Waals surface area contributed by atoms with Gasteiger partial charge >= 0.3 is 0 Å². The Morgan fingerprint density at radius 2 is 0.976 bits per heavy atom. The third kappa shape index (κ3) is 4.77. The first-order valence-corrected chi connectivity index (χ1v) is 15.6. The van der Waals surface area contributed by atoms with Crippen LogP contribution in [-0.4, -0.2) is 12.2 Å². The molecule has 0 saturated heterocycles. The van der Waals surface area contributed by atoms with Gasteiger partial charge in [-0.2, -0.15) is 0 Å². The average Bonchev–Trinajstić information content (AvgIpc) is 3.58. The predicted octanol–water partition coefficient (Wildman–Crippen LogP) is 10.3. The summed E-state index contributed by atoms with van der Waals surface area (Å²) in [7, 11) is 0. The van der Waals surface area contributed by atoms with Crippen LogP contribution in [0.3, 0.4) is 0 Å². The minimum absolute atomic E-state index is 0.177. The largest absolute Gasteiger partial charge is 0.491 e. The van der Waals surface area contributed by atoms with Crippen molar-refractivity contribution in [3.8, 4) is 33.8 Å². The number of hydrogen-bond donors (Lipinski definition) is 0. The van der Waals surface area contributed by atoms with Gasteiger partial charge in [-0.25, -0.2) is 0 Å². The number of rotatable bonds is 8. The van der Waals surface area contributed by atoms with E-state index >= 15 is 0 Å². The zero-order chi connectivity index (χ0) is 28.8. The van der Waals surface area contributed by atoms with Crippen molar-refractivity contribution in [3.63, 3.8) is 0 Å². The highest BCUT2D eigenvalue weighted by molar-refractivity contribution is 5.85. The average molecular weight is 553 g/mol. The molecule has 212 valence electrons. The Bertz CT molecular complexity index is 1560. The van der Waals surface area contributed by atoms with Crippen LogP contribution in [0.5, 0.6) is 11.5 Å². The molecule has 3 aliphatic carbocycles. The Hall–Kier alpha value is -4.04. The first kappa shape index (κ1) is 26.8. The van der Waals surface area contributed by atoms with Gasteiger partial charge in [0.15, 0.2) is 0 Å². The van der Waals surface area contributed by atoms with Crippen LogP contribution in [0.25, 0.3) is 34.4 Å². The summed E-state index contributed by atoms with van der Waals surface area (Å²) in [5, 5.41) is 0. The summed E-state index contributed by atoms with van der Waals surface area (Å²) in [4.78, 5) is 0. The van der Waals surface area contributed by atoms with E-state index in [9.17, 15) is 0 Å². The molecule has 1 fully saturated rings. The molecular weight excluding hydrogens is 512 g/mol. The van der Waals surface area contributed by atoms with Crippen LogP contribution < -0.4 is 9.47 Å². The second-order valence-corrected chi connectivity index (χ2v) is 12.8. The third-order valence-corrected chi connectivity index (χ3v) is 9.30. The molecule has 4 aromatic rings. The van der Waals surface area contributed by atoms with E-state index in [4.69, 9.17) is 9.47 Å². The second kappa shape index (κ2) is 10.7. The van der Waals surface area contributed by atoms with Gasteiger partial charge in [-0.3, -0.25) is 0 Å². The first-order chi connectivity index (χ1) is 20.4. The van der Waals surface area contributed by atoms with Gasteiger partial charge in [0, 0.05) is 5.41 Å². The van der Waals surface area contributed by atoms with Crippen molar-refractivity contribution in [2.45, 2.75) is 72.0 Å². The smallest absolute Gasteiger partial charge is 0.119 e. The van der Waals surface area contributed by atoms with Crippen molar-refractivity contribution in [2.24, 2.45) is 5.41 Å². The number of fused-ring (bicyclic) bond motifs is 2. The van der Waals surface area contributed by atoms with E-state index in [0.717, 1.165) is 24.3 Å². The van der Waals surface area contributed by atoms with Crippen molar-refractivity contribution in [3.05, 3.63) is 118 Å². The minimum atomic E-state index is 0.177. The van der Waals surface area contributed by atoms with Crippen LogP contribution in [0.2, 0.25) is 0 Å². The molecule has 1 saturated carbocycles. The molecular formula is C40H40O2. The van der Waals surface area contributed by atoms with Gasteiger partial charge in [0.25, 0.3) is 0 Å². The van der Waals surface area contributed by atoms with Crippen molar-refractivity contribution in [1.29, 1.82) is 0 Å². The van der Waals surface area contributed by atoms with Crippen LogP contribution in [0, 0.1) is 5.41 Å². The third-order valence-electron chi connectivity index (χ3n) is 9.30. The molecule has 3 aliphatic rings. The van der Waals surface area contributed by atoms with Gasteiger partial charge in [0.1, 0.15) is 11.5 Å². The van der Waals surface area contributed by atoms with Crippen LogP contribution in [0.4, 0.5) is 0 Å². The quantitative estimate of drug-likeness (QED) is 0.216. The lowest BCUT2D eigenvalue weighted by molar-refractivity contribution is 0.235. The maximum Gasteiger partial charge on any atom is 0.119 e. The highest BCUT2D eigenvalue weighted by Crippen LogP contribution is 2.58. The molecule has 4 aromatic carbocycles. The van der Waals surface area contributed by atoms with E-state index in [1.165, 1.54) is 63.8 Å². The lowest BCUT2D eigenvalue weighted by Crippen LogP contribution is -2.34. The van der Waals surface area contributed by atoms with Gasteiger partial charge in [-0.05, 0) is 122 Å². The molecule has 0 atom stereocenters. The number of benzene rings is 4. The monoisotopic (exact) mass is 552 g/mol. The fraction of sp³-hybridized carbons (Fsp3) is 0.300. The molecule has 42 heavy (non-hydrogen) atoms. The molecule has 0 N–H and O–H groups in total. The first-order valence-electron chi connectivity index (χ1n) is 15.6. The Morgan fingerprint density at radius 1 is 0.548 bits per heavy atom. The summed E-state index contributed by atoms with van der Waals surface area (Å²) >= 11 is 0. The lowest BCUT2D eigenvalue weighted by Gasteiger charge is -2.45. The minimum Gasteiger partial charge on any atom is -0.491 e. The Balaban J connectivity index is 1.20. The molecule has 0 radical (unpaired) electrons. The molecule has 0 bridgehead atoms. The highest BCUT2D eigenvalue weighted by atomic mass is 16.5. The molecule has 0 heterocycles. The Morgan fingerprint density at radius 3 is 1.33 bits per heavy atom. The van der Waals surface area contributed by atoms with Gasteiger partial charge in [-0.1, -0.05) is 90.4 Å². The maximum atomic E-state index is 5.90. The molecule has 0 amide bonds. The molecule has 0 aliphatic heterocycles. The van der Waals surface area contributed by atoms with E-state index in [0.29, 0.717) is 0 Å². The number of ether oxygens (including phenoxy) is 2. The molecule has 2 heteroatoms. The lowest BCUT2D eigenvalue weighted by atomic mass is 9.59. The summed E-state index contributed by atoms with van der Waals surface area (Å²) in [5.41, 5.74) is 14.2. The van der Waals surface area contributed by atoms with Gasteiger partial charge in [-0.15, -0.1) is 0 Å². The second-order valence-electron chi connectivity index (χ2n) is 12.8. The van der Waals surface area contributed by atoms with E-state index in [1.807, 2.05) is 0 Å². The van der Waals surface area contributed by atoms with Crippen LogP contribution in [0.1, 0.15) is 69.2 Å². The molecule has 0 spiro atoms.